The Labute approximate surface area is 115 Å². The molecule has 19 heavy (non-hydrogen) atoms. The second kappa shape index (κ2) is 4.64. The van der Waals surface area contributed by atoms with Gasteiger partial charge in [0.25, 0.3) is 0 Å². The van der Waals surface area contributed by atoms with Gasteiger partial charge in [0, 0.05) is 18.0 Å². The lowest BCUT2D eigenvalue weighted by atomic mass is 9.97. The van der Waals surface area contributed by atoms with Crippen LogP contribution in [0.3, 0.4) is 0 Å². The zero-order valence-corrected chi connectivity index (χ0v) is 12.1. The smallest absolute Gasteiger partial charge is 0.114 e. The lowest BCUT2D eigenvalue weighted by molar-refractivity contribution is 0.360. The van der Waals surface area contributed by atoms with E-state index in [2.05, 4.69) is 54.9 Å². The highest BCUT2D eigenvalue weighted by Crippen LogP contribution is 2.31. The Kier molecular flexibility index (Phi) is 3.09. The van der Waals surface area contributed by atoms with Crippen molar-refractivity contribution in [3.8, 4) is 0 Å². The van der Waals surface area contributed by atoms with Crippen LogP contribution in [-0.2, 0) is 5.54 Å². The fourth-order valence-corrected chi connectivity index (χ4v) is 3.10. The van der Waals surface area contributed by atoms with E-state index in [1.165, 1.54) is 24.2 Å². The van der Waals surface area contributed by atoms with Crippen LogP contribution in [0.2, 0.25) is 0 Å². The van der Waals surface area contributed by atoms with Crippen molar-refractivity contribution in [2.45, 2.75) is 45.1 Å². The standard InChI is InChI=1S/C16H23N3/c1-16(2,3)19-14-9-5-4-8-13(14)18-15(19)12-7-6-10-17-11-12/h4-5,8-9,12,17H,6-7,10-11H2,1-3H3. The predicted molar refractivity (Wildman–Crippen MR) is 79.6 cm³/mol. The van der Waals surface area contributed by atoms with Crippen molar-refractivity contribution in [2.24, 2.45) is 0 Å². The largest absolute Gasteiger partial charge is 0.322 e. The highest BCUT2D eigenvalue weighted by molar-refractivity contribution is 5.76. The summed E-state index contributed by atoms with van der Waals surface area (Å²) in [5.41, 5.74) is 2.46. The lowest BCUT2D eigenvalue weighted by Gasteiger charge is -2.29. The summed E-state index contributed by atoms with van der Waals surface area (Å²) < 4.78 is 2.43. The van der Waals surface area contributed by atoms with E-state index in [0.717, 1.165) is 18.6 Å². The first-order valence-electron chi connectivity index (χ1n) is 7.26. The van der Waals surface area contributed by atoms with Crippen LogP contribution in [0.4, 0.5) is 0 Å². The van der Waals surface area contributed by atoms with Crippen LogP contribution in [0.15, 0.2) is 24.3 Å². The van der Waals surface area contributed by atoms with Gasteiger partial charge in [0.2, 0.25) is 0 Å². The molecular formula is C16H23N3. The van der Waals surface area contributed by atoms with E-state index >= 15 is 0 Å². The first-order valence-corrected chi connectivity index (χ1v) is 7.26. The number of para-hydroxylation sites is 2. The summed E-state index contributed by atoms with van der Waals surface area (Å²) in [4.78, 5) is 4.93. The maximum Gasteiger partial charge on any atom is 0.114 e. The molecule has 1 N–H and O–H groups in total. The van der Waals surface area contributed by atoms with Gasteiger partial charge in [0.15, 0.2) is 0 Å². The summed E-state index contributed by atoms with van der Waals surface area (Å²) in [5, 5.41) is 3.50. The molecule has 0 aliphatic carbocycles. The summed E-state index contributed by atoms with van der Waals surface area (Å²) in [6.45, 7) is 8.99. The molecule has 0 saturated carbocycles. The third-order valence-corrected chi connectivity index (χ3v) is 3.92. The SMILES string of the molecule is CC(C)(C)n1c(C2CCCNC2)nc2ccccc21. The molecule has 0 amide bonds. The zero-order chi connectivity index (χ0) is 13.5. The average molecular weight is 257 g/mol. The Balaban J connectivity index is 2.17. The van der Waals surface area contributed by atoms with E-state index in [1.807, 2.05) is 0 Å². The summed E-state index contributed by atoms with van der Waals surface area (Å²) >= 11 is 0. The number of hydrogen-bond donors (Lipinski definition) is 1. The van der Waals surface area contributed by atoms with Gasteiger partial charge in [-0.2, -0.15) is 0 Å². The van der Waals surface area contributed by atoms with Gasteiger partial charge < -0.3 is 9.88 Å². The van der Waals surface area contributed by atoms with Gasteiger partial charge >= 0.3 is 0 Å². The van der Waals surface area contributed by atoms with Gasteiger partial charge in [-0.3, -0.25) is 0 Å². The molecule has 2 aromatic rings. The van der Waals surface area contributed by atoms with E-state index in [9.17, 15) is 0 Å². The van der Waals surface area contributed by atoms with Crippen LogP contribution in [0.5, 0.6) is 0 Å². The van der Waals surface area contributed by atoms with Gasteiger partial charge in [-0.15, -0.1) is 0 Å². The van der Waals surface area contributed by atoms with Crippen molar-refractivity contribution in [3.63, 3.8) is 0 Å². The fourth-order valence-electron chi connectivity index (χ4n) is 3.10. The molecule has 1 fully saturated rings. The zero-order valence-electron chi connectivity index (χ0n) is 12.1. The first kappa shape index (κ1) is 12.7. The Bertz CT molecular complexity index is 571. The lowest BCUT2D eigenvalue weighted by Crippen LogP contribution is -2.33. The van der Waals surface area contributed by atoms with E-state index in [-0.39, 0.29) is 5.54 Å². The quantitative estimate of drug-likeness (QED) is 0.850. The first-order chi connectivity index (χ1) is 9.07. The van der Waals surface area contributed by atoms with Crippen molar-refractivity contribution >= 4 is 11.0 Å². The maximum atomic E-state index is 4.93. The minimum atomic E-state index is 0.0723. The minimum absolute atomic E-state index is 0.0723. The topological polar surface area (TPSA) is 29.9 Å². The number of nitrogens with zero attached hydrogens (tertiary/aromatic N) is 2. The van der Waals surface area contributed by atoms with Crippen LogP contribution in [-0.4, -0.2) is 22.6 Å². The summed E-state index contributed by atoms with van der Waals surface area (Å²) in [6.07, 6.45) is 2.49. The van der Waals surface area contributed by atoms with Crippen molar-refractivity contribution in [3.05, 3.63) is 30.1 Å². The molecular weight excluding hydrogens is 234 g/mol. The summed E-state index contributed by atoms with van der Waals surface area (Å²) in [7, 11) is 0. The average Bonchev–Trinajstić information content (AvgIpc) is 2.79. The Morgan fingerprint density at radius 2 is 2.05 bits per heavy atom. The molecule has 1 aromatic carbocycles. The van der Waals surface area contributed by atoms with Crippen LogP contribution in [0, 0.1) is 0 Å². The number of rotatable bonds is 1. The summed E-state index contributed by atoms with van der Waals surface area (Å²) in [6, 6.07) is 8.49. The molecule has 0 bridgehead atoms. The third-order valence-electron chi connectivity index (χ3n) is 3.92. The van der Waals surface area contributed by atoms with Gasteiger partial charge in [-0.25, -0.2) is 4.98 Å². The number of nitrogens with one attached hydrogen (secondary N) is 1. The third kappa shape index (κ3) is 2.27. The maximum absolute atomic E-state index is 4.93. The molecule has 1 saturated heterocycles. The van der Waals surface area contributed by atoms with Crippen LogP contribution >= 0.6 is 0 Å². The van der Waals surface area contributed by atoms with E-state index < -0.39 is 0 Å². The number of fused-ring (bicyclic) bond motifs is 1. The molecule has 102 valence electrons. The van der Waals surface area contributed by atoms with Gasteiger partial charge in [-0.05, 0) is 52.3 Å². The fraction of sp³-hybridized carbons (Fsp3) is 0.562. The molecule has 3 heteroatoms. The molecule has 1 unspecified atom stereocenters. The van der Waals surface area contributed by atoms with Gasteiger partial charge in [0.05, 0.1) is 11.0 Å². The normalized spacial score (nSPS) is 20.9. The number of hydrogen-bond acceptors (Lipinski definition) is 2. The summed E-state index contributed by atoms with van der Waals surface area (Å²) in [5.74, 6) is 1.79. The van der Waals surface area contributed by atoms with E-state index in [1.54, 1.807) is 0 Å². The van der Waals surface area contributed by atoms with E-state index in [0.29, 0.717) is 5.92 Å². The highest BCUT2D eigenvalue weighted by Gasteiger charge is 2.27. The van der Waals surface area contributed by atoms with Crippen molar-refractivity contribution < 1.29 is 0 Å². The van der Waals surface area contributed by atoms with Crippen LogP contribution in [0.25, 0.3) is 11.0 Å². The van der Waals surface area contributed by atoms with Crippen molar-refractivity contribution in [1.82, 2.24) is 14.9 Å². The molecule has 3 nitrogen and oxygen atoms in total. The molecule has 0 spiro atoms. The molecule has 1 aromatic heterocycles. The monoisotopic (exact) mass is 257 g/mol. The highest BCUT2D eigenvalue weighted by atomic mass is 15.1. The molecule has 2 heterocycles. The Morgan fingerprint density at radius 1 is 1.26 bits per heavy atom. The molecule has 1 aliphatic rings. The second-order valence-electron chi connectivity index (χ2n) is 6.51. The van der Waals surface area contributed by atoms with E-state index in [4.69, 9.17) is 4.98 Å². The van der Waals surface area contributed by atoms with Gasteiger partial charge in [-0.1, -0.05) is 12.1 Å². The number of benzene rings is 1. The second-order valence-corrected chi connectivity index (χ2v) is 6.51. The minimum Gasteiger partial charge on any atom is -0.322 e. The molecule has 3 rings (SSSR count). The Morgan fingerprint density at radius 3 is 2.74 bits per heavy atom. The van der Waals surface area contributed by atoms with Crippen LogP contribution < -0.4 is 5.32 Å². The molecule has 1 aliphatic heterocycles. The molecule has 0 radical (unpaired) electrons. The number of aromatic nitrogens is 2. The number of piperidine rings is 1. The predicted octanol–water partition coefficient (Wildman–Crippen LogP) is 3.26. The molecule has 1 atom stereocenters. The van der Waals surface area contributed by atoms with Crippen LogP contribution in [0.1, 0.15) is 45.4 Å². The van der Waals surface area contributed by atoms with Crippen molar-refractivity contribution in [1.29, 1.82) is 0 Å². The van der Waals surface area contributed by atoms with Crippen molar-refractivity contribution in [2.75, 3.05) is 13.1 Å². The van der Waals surface area contributed by atoms with Gasteiger partial charge in [0.1, 0.15) is 5.82 Å². The number of imidazole rings is 1. The Hall–Kier alpha value is -1.35.